The van der Waals surface area contributed by atoms with Crippen molar-refractivity contribution in [3.05, 3.63) is 48.3 Å². The van der Waals surface area contributed by atoms with E-state index >= 15 is 0 Å². The van der Waals surface area contributed by atoms with Gasteiger partial charge in [-0.3, -0.25) is 4.98 Å². The number of ether oxygens (including phenoxy) is 1. The summed E-state index contributed by atoms with van der Waals surface area (Å²) in [4.78, 5) is 5.92. The molecule has 1 aromatic heterocycles. The van der Waals surface area contributed by atoms with Gasteiger partial charge < -0.3 is 25.6 Å². The Bertz CT molecular complexity index is 825. The number of piperidine rings is 1. The molecule has 1 aliphatic heterocycles. The summed E-state index contributed by atoms with van der Waals surface area (Å²) in [5.74, 6) is 0.0267. The van der Waals surface area contributed by atoms with E-state index in [4.69, 9.17) is 10.5 Å². The molecule has 1 fully saturated rings. The van der Waals surface area contributed by atoms with E-state index < -0.39 is 23.4 Å². The number of hydrogen-bond donors (Lipinski definition) is 3. The highest BCUT2D eigenvalue weighted by Crippen LogP contribution is 2.35. The molecule has 164 valence electrons. The second kappa shape index (κ2) is 9.30. The zero-order valence-corrected chi connectivity index (χ0v) is 16.5. The molecular weight excluding hydrogens is 399 g/mol. The lowest BCUT2D eigenvalue weighted by molar-refractivity contribution is -0.137. The summed E-state index contributed by atoms with van der Waals surface area (Å²) < 4.78 is 45.4. The molecule has 4 N–H and O–H groups in total. The number of nitrogens with zero attached hydrogens (tertiary/aromatic N) is 2. The maximum Gasteiger partial charge on any atom is 0.416 e. The van der Waals surface area contributed by atoms with Gasteiger partial charge in [0.15, 0.2) is 0 Å². The van der Waals surface area contributed by atoms with Crippen LogP contribution in [0.4, 0.5) is 13.2 Å². The number of β-amino-alcohol motifs (C(OH)–C–C–N with tert-alkyl or cyclic N) is 1. The van der Waals surface area contributed by atoms with E-state index in [9.17, 15) is 23.4 Å². The Morgan fingerprint density at radius 3 is 2.53 bits per heavy atom. The number of alkyl halides is 3. The molecule has 2 aromatic rings. The number of pyridine rings is 1. The molecule has 1 aromatic carbocycles. The molecule has 1 aliphatic rings. The summed E-state index contributed by atoms with van der Waals surface area (Å²) >= 11 is 0. The van der Waals surface area contributed by atoms with Crippen LogP contribution in [-0.4, -0.2) is 64.6 Å². The molecule has 0 aliphatic carbocycles. The number of aromatic nitrogens is 1. The normalized spacial score (nSPS) is 18.2. The number of nitrogens with two attached hydrogens (primary N) is 1. The molecule has 2 heterocycles. The van der Waals surface area contributed by atoms with Crippen molar-refractivity contribution in [1.29, 1.82) is 0 Å². The van der Waals surface area contributed by atoms with Gasteiger partial charge in [-0.1, -0.05) is 6.07 Å². The van der Waals surface area contributed by atoms with Gasteiger partial charge in [0.25, 0.3) is 0 Å². The van der Waals surface area contributed by atoms with Crippen LogP contribution in [0.25, 0.3) is 11.1 Å². The zero-order chi connectivity index (χ0) is 21.8. The maximum absolute atomic E-state index is 13.3. The van der Waals surface area contributed by atoms with Crippen molar-refractivity contribution in [1.82, 2.24) is 9.88 Å². The summed E-state index contributed by atoms with van der Waals surface area (Å²) in [5.41, 5.74) is 4.75. The number of benzene rings is 1. The molecule has 0 saturated carbocycles. The van der Waals surface area contributed by atoms with Gasteiger partial charge in [-0.05, 0) is 42.7 Å². The third-order valence-corrected chi connectivity index (χ3v) is 5.31. The minimum Gasteiger partial charge on any atom is -0.491 e. The largest absolute Gasteiger partial charge is 0.491 e. The van der Waals surface area contributed by atoms with E-state index in [1.807, 2.05) is 4.90 Å². The average molecular weight is 425 g/mol. The number of halogens is 3. The van der Waals surface area contributed by atoms with Crippen LogP contribution in [0.2, 0.25) is 0 Å². The third kappa shape index (κ3) is 5.91. The first-order valence-electron chi connectivity index (χ1n) is 9.77. The molecule has 0 spiro atoms. The van der Waals surface area contributed by atoms with Gasteiger partial charge in [0.2, 0.25) is 0 Å². The third-order valence-electron chi connectivity index (χ3n) is 5.31. The van der Waals surface area contributed by atoms with Crippen LogP contribution in [-0.2, 0) is 6.18 Å². The molecule has 1 unspecified atom stereocenters. The average Bonchev–Trinajstić information content (AvgIpc) is 2.74. The molecule has 3 rings (SSSR count). The first-order chi connectivity index (χ1) is 14.2. The summed E-state index contributed by atoms with van der Waals surface area (Å²) in [6.07, 6.45) is -1.36. The summed E-state index contributed by atoms with van der Waals surface area (Å²) in [5, 5.41) is 20.4. The van der Waals surface area contributed by atoms with Crippen molar-refractivity contribution in [2.75, 3.05) is 32.8 Å². The summed E-state index contributed by atoms with van der Waals surface area (Å²) in [6, 6.07) is 6.78. The van der Waals surface area contributed by atoms with Gasteiger partial charge in [0.05, 0.1) is 11.2 Å². The van der Waals surface area contributed by atoms with Gasteiger partial charge >= 0.3 is 6.18 Å². The van der Waals surface area contributed by atoms with Gasteiger partial charge in [0, 0.05) is 44.1 Å². The van der Waals surface area contributed by atoms with Crippen molar-refractivity contribution in [2.45, 2.75) is 30.7 Å². The van der Waals surface area contributed by atoms with Crippen molar-refractivity contribution >= 4 is 0 Å². The first-order valence-corrected chi connectivity index (χ1v) is 9.77. The summed E-state index contributed by atoms with van der Waals surface area (Å²) in [6.45, 7) is 1.51. The molecular formula is C21H26F3N3O3. The second-order valence-corrected chi connectivity index (χ2v) is 7.68. The van der Waals surface area contributed by atoms with Crippen molar-refractivity contribution in [3.63, 3.8) is 0 Å². The standard InChI is InChI=1S/C21H26F3N3O3/c22-21(23,24)17-8-16(15-2-1-5-26-11-15)9-19(10-17)30-13-18(28)12-27-6-3-20(29,14-25)4-7-27/h1-2,5,8-11,18,28-29H,3-4,6-7,12-14,25H2. The minimum absolute atomic E-state index is 0.0267. The predicted octanol–water partition coefficient (Wildman–Crippen LogP) is 2.29. The molecule has 6 nitrogen and oxygen atoms in total. The molecule has 30 heavy (non-hydrogen) atoms. The van der Waals surface area contributed by atoms with Gasteiger partial charge in [-0.25, -0.2) is 0 Å². The monoisotopic (exact) mass is 425 g/mol. The fourth-order valence-corrected chi connectivity index (χ4v) is 3.45. The number of aliphatic hydroxyl groups is 2. The van der Waals surface area contributed by atoms with Gasteiger partial charge in [0.1, 0.15) is 18.5 Å². The SMILES string of the molecule is NCC1(O)CCN(CC(O)COc2cc(-c3cccnc3)cc(C(F)(F)F)c2)CC1. The Labute approximate surface area is 173 Å². The summed E-state index contributed by atoms with van der Waals surface area (Å²) in [7, 11) is 0. The van der Waals surface area contributed by atoms with Crippen molar-refractivity contribution < 1.29 is 28.1 Å². The van der Waals surface area contributed by atoms with Gasteiger partial charge in [-0.2, -0.15) is 13.2 Å². The Hall–Kier alpha value is -2.20. The molecule has 0 amide bonds. The van der Waals surface area contributed by atoms with Crippen LogP contribution >= 0.6 is 0 Å². The van der Waals surface area contributed by atoms with E-state index in [0.29, 0.717) is 43.6 Å². The molecule has 1 saturated heterocycles. The molecule has 1 atom stereocenters. The number of aliphatic hydroxyl groups excluding tert-OH is 1. The van der Waals surface area contributed by atoms with E-state index in [1.165, 1.54) is 12.3 Å². The topological polar surface area (TPSA) is 91.8 Å². The van der Waals surface area contributed by atoms with Crippen molar-refractivity contribution in [2.24, 2.45) is 5.73 Å². The fraction of sp³-hybridized carbons (Fsp3) is 0.476. The fourth-order valence-electron chi connectivity index (χ4n) is 3.45. The highest BCUT2D eigenvalue weighted by Gasteiger charge is 2.32. The molecule has 9 heteroatoms. The molecule has 0 bridgehead atoms. The maximum atomic E-state index is 13.3. The Kier molecular flexibility index (Phi) is 6.97. The highest BCUT2D eigenvalue weighted by atomic mass is 19.4. The van der Waals surface area contributed by atoms with Crippen LogP contribution in [0.5, 0.6) is 5.75 Å². The quantitative estimate of drug-likeness (QED) is 0.631. The predicted molar refractivity (Wildman–Crippen MR) is 106 cm³/mol. The van der Waals surface area contributed by atoms with Crippen molar-refractivity contribution in [3.8, 4) is 16.9 Å². The Balaban J connectivity index is 1.64. The van der Waals surface area contributed by atoms with E-state index in [0.717, 1.165) is 12.1 Å². The van der Waals surface area contributed by atoms with Crippen LogP contribution in [0.15, 0.2) is 42.7 Å². The van der Waals surface area contributed by atoms with E-state index in [-0.39, 0.29) is 18.9 Å². The lowest BCUT2D eigenvalue weighted by atomic mass is 9.91. The Morgan fingerprint density at radius 1 is 1.20 bits per heavy atom. The number of rotatable bonds is 7. The van der Waals surface area contributed by atoms with Crippen LogP contribution in [0, 0.1) is 0 Å². The Morgan fingerprint density at radius 2 is 1.93 bits per heavy atom. The zero-order valence-electron chi connectivity index (χ0n) is 16.5. The highest BCUT2D eigenvalue weighted by molar-refractivity contribution is 5.65. The van der Waals surface area contributed by atoms with E-state index in [2.05, 4.69) is 4.98 Å². The molecule has 0 radical (unpaired) electrons. The smallest absolute Gasteiger partial charge is 0.416 e. The number of likely N-dealkylation sites (tertiary alicyclic amines) is 1. The first kappa shape index (κ1) is 22.5. The van der Waals surface area contributed by atoms with E-state index in [1.54, 1.807) is 18.3 Å². The minimum atomic E-state index is -4.53. The van der Waals surface area contributed by atoms with Crippen LogP contribution in [0.1, 0.15) is 18.4 Å². The van der Waals surface area contributed by atoms with Crippen LogP contribution in [0.3, 0.4) is 0 Å². The lowest BCUT2D eigenvalue weighted by Crippen LogP contribution is -2.50. The lowest BCUT2D eigenvalue weighted by Gasteiger charge is -2.38. The number of hydrogen-bond acceptors (Lipinski definition) is 6. The van der Waals surface area contributed by atoms with Crippen LogP contribution < -0.4 is 10.5 Å². The van der Waals surface area contributed by atoms with Gasteiger partial charge in [-0.15, -0.1) is 0 Å². The second-order valence-electron chi connectivity index (χ2n) is 7.68.